The summed E-state index contributed by atoms with van der Waals surface area (Å²) >= 11 is 5.74. The van der Waals surface area contributed by atoms with Crippen molar-refractivity contribution in [3.05, 3.63) is 45.6 Å². The highest BCUT2D eigenvalue weighted by Crippen LogP contribution is 2.44. The van der Waals surface area contributed by atoms with Crippen LogP contribution in [0.15, 0.2) is 12.1 Å². The molecule has 2 heterocycles. The number of ether oxygens (including phenoxy) is 3. The Hall–Kier alpha value is -2.67. The molecule has 1 aromatic carbocycles. The van der Waals surface area contributed by atoms with Crippen molar-refractivity contribution in [1.29, 1.82) is 0 Å². The Morgan fingerprint density at radius 3 is 2.55 bits per heavy atom. The van der Waals surface area contributed by atoms with Crippen LogP contribution < -0.4 is 14.8 Å². The topological polar surface area (TPSA) is 69.7 Å². The molecule has 0 bridgehead atoms. The van der Waals surface area contributed by atoms with Crippen molar-refractivity contribution < 1.29 is 19.0 Å². The average molecular weight is 443 g/mol. The molecule has 0 aliphatic carbocycles. The minimum absolute atomic E-state index is 0.266. The second kappa shape index (κ2) is 8.83. The summed E-state index contributed by atoms with van der Waals surface area (Å²) in [5, 5.41) is 3.27. The van der Waals surface area contributed by atoms with Gasteiger partial charge >= 0.3 is 6.16 Å². The number of aromatic nitrogens is 1. The molecule has 1 unspecified atom stereocenters. The van der Waals surface area contributed by atoms with Gasteiger partial charge in [-0.25, -0.2) is 9.78 Å². The summed E-state index contributed by atoms with van der Waals surface area (Å²) in [4.78, 5) is 17.0. The van der Waals surface area contributed by atoms with Gasteiger partial charge in [0.25, 0.3) is 0 Å². The number of carbonyl (C=O) groups is 1. The third kappa shape index (κ3) is 4.66. The molecule has 0 amide bonds. The molecule has 7 heteroatoms. The molecule has 0 saturated carbocycles. The van der Waals surface area contributed by atoms with Crippen molar-refractivity contribution in [2.75, 3.05) is 11.9 Å². The van der Waals surface area contributed by atoms with Crippen LogP contribution in [-0.2, 0) is 11.2 Å². The van der Waals surface area contributed by atoms with E-state index in [0.717, 1.165) is 51.5 Å². The molecule has 0 saturated heterocycles. The maximum Gasteiger partial charge on any atom is 0.513 e. The first-order valence-corrected chi connectivity index (χ1v) is 10.9. The van der Waals surface area contributed by atoms with E-state index < -0.39 is 11.8 Å². The zero-order valence-electron chi connectivity index (χ0n) is 19.3. The Morgan fingerprint density at radius 1 is 1.19 bits per heavy atom. The van der Waals surface area contributed by atoms with Crippen LogP contribution in [0.1, 0.15) is 53.8 Å². The van der Waals surface area contributed by atoms with Gasteiger partial charge in [-0.05, 0) is 95.7 Å². The number of rotatable bonds is 4. The highest BCUT2D eigenvalue weighted by Gasteiger charge is 2.38. The van der Waals surface area contributed by atoms with Crippen LogP contribution in [0.5, 0.6) is 11.5 Å². The summed E-state index contributed by atoms with van der Waals surface area (Å²) in [6.07, 6.45) is 0.750. The van der Waals surface area contributed by atoms with Gasteiger partial charge in [0, 0.05) is 11.3 Å². The van der Waals surface area contributed by atoms with Gasteiger partial charge in [0.05, 0.1) is 6.61 Å². The molecule has 31 heavy (non-hydrogen) atoms. The quantitative estimate of drug-likeness (QED) is 0.371. The molecule has 0 spiro atoms. The van der Waals surface area contributed by atoms with Crippen molar-refractivity contribution in [1.82, 2.24) is 4.98 Å². The Morgan fingerprint density at radius 2 is 1.90 bits per heavy atom. The van der Waals surface area contributed by atoms with Crippen molar-refractivity contribution in [2.24, 2.45) is 0 Å². The number of anilines is 1. The van der Waals surface area contributed by atoms with E-state index in [1.165, 1.54) is 0 Å². The van der Waals surface area contributed by atoms with Crippen LogP contribution in [0.3, 0.4) is 0 Å². The molecule has 6 nitrogen and oxygen atoms in total. The number of hydrogen-bond acceptors (Lipinski definition) is 6. The van der Waals surface area contributed by atoms with Crippen molar-refractivity contribution in [2.45, 2.75) is 66.9 Å². The largest absolute Gasteiger partial charge is 0.513 e. The molecule has 0 radical (unpaired) electrons. The fourth-order valence-corrected chi connectivity index (χ4v) is 4.18. The molecule has 166 valence electrons. The van der Waals surface area contributed by atoms with Crippen LogP contribution in [0.25, 0.3) is 0 Å². The lowest BCUT2D eigenvalue weighted by atomic mass is 9.87. The van der Waals surface area contributed by atoms with E-state index in [2.05, 4.69) is 10.3 Å². The minimum Gasteiger partial charge on any atom is -0.480 e. The van der Waals surface area contributed by atoms with E-state index >= 15 is 0 Å². The fraction of sp³-hybridized carbons (Fsp3) is 0.458. The minimum atomic E-state index is -0.694. The summed E-state index contributed by atoms with van der Waals surface area (Å²) in [5.74, 6) is 2.07. The fourth-order valence-electron chi connectivity index (χ4n) is 3.93. The van der Waals surface area contributed by atoms with E-state index in [4.69, 9.17) is 26.4 Å². The highest BCUT2D eigenvalue weighted by molar-refractivity contribution is 7.80. The number of nitrogens with one attached hydrogen (secondary N) is 1. The lowest BCUT2D eigenvalue weighted by molar-refractivity contribution is 0.103. The van der Waals surface area contributed by atoms with Crippen molar-refractivity contribution in [3.63, 3.8) is 0 Å². The molecule has 1 aromatic heterocycles. The summed E-state index contributed by atoms with van der Waals surface area (Å²) in [6, 6.07) is 3.99. The van der Waals surface area contributed by atoms with Gasteiger partial charge in [-0.3, -0.25) is 0 Å². The van der Waals surface area contributed by atoms with Gasteiger partial charge < -0.3 is 19.5 Å². The number of fused-ring (bicyclic) bond motifs is 1. The van der Waals surface area contributed by atoms with Gasteiger partial charge in [-0.2, -0.15) is 0 Å². The second-order valence-electron chi connectivity index (χ2n) is 8.26. The number of thiocarbonyl (C=S) groups is 1. The number of benzene rings is 1. The molecule has 0 fully saturated rings. The SMILES string of the molecule is CCOC(=O)Oc1c(C)c(C)c2c(c1C)CCC(C)(C(=S)Nc1cc(C)cc(C)n1)O2. The summed E-state index contributed by atoms with van der Waals surface area (Å²) in [7, 11) is 0. The number of nitrogens with zero attached hydrogens (tertiary/aromatic N) is 1. The number of aryl methyl sites for hydroxylation is 2. The molecule has 2 aromatic rings. The monoisotopic (exact) mass is 442 g/mol. The van der Waals surface area contributed by atoms with E-state index in [-0.39, 0.29) is 6.61 Å². The van der Waals surface area contributed by atoms with E-state index in [0.29, 0.717) is 17.2 Å². The van der Waals surface area contributed by atoms with Gasteiger partial charge in [0.1, 0.15) is 22.3 Å². The maximum atomic E-state index is 11.9. The van der Waals surface area contributed by atoms with E-state index in [1.54, 1.807) is 6.92 Å². The lowest BCUT2D eigenvalue weighted by Crippen LogP contribution is -2.47. The summed E-state index contributed by atoms with van der Waals surface area (Å²) in [5.41, 5.74) is 5.09. The second-order valence-corrected chi connectivity index (χ2v) is 8.66. The first-order chi connectivity index (χ1) is 14.6. The van der Waals surface area contributed by atoms with Crippen LogP contribution >= 0.6 is 12.2 Å². The van der Waals surface area contributed by atoms with E-state index in [9.17, 15) is 4.79 Å². The zero-order chi connectivity index (χ0) is 22.9. The summed E-state index contributed by atoms with van der Waals surface area (Å²) < 4.78 is 17.0. The van der Waals surface area contributed by atoms with Crippen molar-refractivity contribution in [3.8, 4) is 11.5 Å². The van der Waals surface area contributed by atoms with Gasteiger partial charge in [0.2, 0.25) is 0 Å². The van der Waals surface area contributed by atoms with Gasteiger partial charge in [-0.1, -0.05) is 12.2 Å². The van der Waals surface area contributed by atoms with Crippen LogP contribution in [0.4, 0.5) is 10.6 Å². The van der Waals surface area contributed by atoms with Gasteiger partial charge in [0.15, 0.2) is 5.60 Å². The molecule has 3 rings (SSSR count). The third-order valence-electron chi connectivity index (χ3n) is 5.76. The Kier molecular flexibility index (Phi) is 6.55. The molecule has 1 N–H and O–H groups in total. The number of carbonyl (C=O) groups excluding carboxylic acids is 1. The Labute approximate surface area is 189 Å². The molecular formula is C24H30N2O4S. The maximum absolute atomic E-state index is 11.9. The average Bonchev–Trinajstić information content (AvgIpc) is 2.69. The first-order valence-electron chi connectivity index (χ1n) is 10.5. The first kappa shape index (κ1) is 23.0. The molecule has 1 atom stereocenters. The number of pyridine rings is 1. The Balaban J connectivity index is 1.90. The van der Waals surface area contributed by atoms with Crippen LogP contribution in [-0.4, -0.2) is 28.3 Å². The van der Waals surface area contributed by atoms with E-state index in [1.807, 2.05) is 53.7 Å². The molecule has 1 aliphatic heterocycles. The summed E-state index contributed by atoms with van der Waals surface area (Å²) in [6.45, 7) is 13.8. The molecule has 1 aliphatic rings. The van der Waals surface area contributed by atoms with Crippen LogP contribution in [0, 0.1) is 34.6 Å². The standard InChI is InChI=1S/C24H30N2O4S/c1-8-28-23(27)29-20-15(4)16(5)21-18(17(20)6)9-10-24(7,30-21)22(31)26-19-12-13(2)11-14(3)25-19/h11-12H,8-10H2,1-7H3,(H,25,26,31). The zero-order valence-corrected chi connectivity index (χ0v) is 20.1. The van der Waals surface area contributed by atoms with Crippen molar-refractivity contribution >= 4 is 29.2 Å². The van der Waals surface area contributed by atoms with Crippen LogP contribution in [0.2, 0.25) is 0 Å². The normalized spacial score (nSPS) is 17.4. The third-order valence-corrected chi connectivity index (χ3v) is 6.29. The highest BCUT2D eigenvalue weighted by atomic mass is 32.1. The Bertz CT molecular complexity index is 1030. The predicted molar refractivity (Wildman–Crippen MR) is 126 cm³/mol. The predicted octanol–water partition coefficient (Wildman–Crippen LogP) is 5.68. The lowest BCUT2D eigenvalue weighted by Gasteiger charge is -2.38. The molecular weight excluding hydrogens is 412 g/mol. The number of hydrogen-bond donors (Lipinski definition) is 1. The smallest absolute Gasteiger partial charge is 0.480 e. The van der Waals surface area contributed by atoms with Gasteiger partial charge in [-0.15, -0.1) is 0 Å².